The molecule has 2 N–H and O–H groups in total. The average Bonchev–Trinajstić information content (AvgIpc) is 3.41. The van der Waals surface area contributed by atoms with Crippen LogP contribution in [0.3, 0.4) is 0 Å². The lowest BCUT2D eigenvalue weighted by atomic mass is 9.94. The number of aromatic hydroxyl groups is 1. The summed E-state index contributed by atoms with van der Waals surface area (Å²) in [6.07, 6.45) is 0. The van der Waals surface area contributed by atoms with Crippen molar-refractivity contribution in [1.29, 1.82) is 0 Å². The summed E-state index contributed by atoms with van der Waals surface area (Å²) in [4.78, 5) is 27.3. The van der Waals surface area contributed by atoms with Gasteiger partial charge in [0, 0.05) is 6.07 Å². The quantitative estimate of drug-likeness (QED) is 0.613. The fourth-order valence-corrected chi connectivity index (χ4v) is 3.41. The molecule has 0 spiro atoms. The monoisotopic (exact) mass is 410 g/mol. The largest absolute Gasteiger partial charge is 0.504 e. The molecule has 1 aromatic carbocycles. The van der Waals surface area contributed by atoms with Gasteiger partial charge in [-0.25, -0.2) is 0 Å². The van der Waals surface area contributed by atoms with E-state index in [1.54, 1.807) is 19.9 Å². The van der Waals surface area contributed by atoms with Gasteiger partial charge in [0.2, 0.25) is 5.78 Å². The number of aromatic nitrogens is 1. The van der Waals surface area contributed by atoms with Gasteiger partial charge in [-0.1, -0.05) is 11.2 Å². The molecular formula is C21H18N2O7. The number of aliphatic hydroxyl groups excluding tert-OH is 1. The van der Waals surface area contributed by atoms with Crippen molar-refractivity contribution in [2.75, 3.05) is 12.0 Å². The third kappa shape index (κ3) is 3.00. The summed E-state index contributed by atoms with van der Waals surface area (Å²) in [6.45, 7) is 3.33. The van der Waals surface area contributed by atoms with Gasteiger partial charge in [-0.2, -0.15) is 0 Å². The summed E-state index contributed by atoms with van der Waals surface area (Å²) in [5, 5.41) is 24.4. The first-order chi connectivity index (χ1) is 14.3. The van der Waals surface area contributed by atoms with Crippen LogP contribution in [0.15, 0.2) is 56.7 Å². The summed E-state index contributed by atoms with van der Waals surface area (Å²) in [6, 6.07) is 7.93. The van der Waals surface area contributed by atoms with Gasteiger partial charge in [0.05, 0.1) is 18.7 Å². The molecule has 0 bridgehead atoms. The number of aryl methyl sites for hydroxylation is 2. The number of hydrogen-bond acceptors (Lipinski definition) is 8. The number of ether oxygens (including phenoxy) is 1. The molecule has 9 nitrogen and oxygen atoms in total. The standard InChI is InChI=1S/C21H18N2O7/c1-10-4-7-14(29-10)19(25)17-18(12-5-6-13(24)15(9-12)28-3)23(21(27)20(17)26)16-8-11(2)30-22-16/h4-9,18,24,26H,1-3H3/t18-/m0/s1. The topological polar surface area (TPSA) is 126 Å². The second-order valence-electron chi connectivity index (χ2n) is 6.81. The molecule has 3 heterocycles. The smallest absolute Gasteiger partial charge is 0.295 e. The molecule has 1 atom stereocenters. The van der Waals surface area contributed by atoms with Crippen LogP contribution in [-0.2, 0) is 4.79 Å². The second kappa shape index (κ2) is 7.11. The Kier molecular flexibility index (Phi) is 4.57. The van der Waals surface area contributed by atoms with Crippen LogP contribution in [0, 0.1) is 13.8 Å². The molecular weight excluding hydrogens is 392 g/mol. The Morgan fingerprint density at radius 2 is 1.90 bits per heavy atom. The number of nitrogens with zero attached hydrogens (tertiary/aromatic N) is 2. The number of anilines is 1. The van der Waals surface area contributed by atoms with Crippen molar-refractivity contribution in [3.63, 3.8) is 0 Å². The molecule has 3 aromatic rings. The zero-order valence-corrected chi connectivity index (χ0v) is 16.4. The highest BCUT2D eigenvalue weighted by Gasteiger charge is 2.46. The van der Waals surface area contributed by atoms with E-state index in [9.17, 15) is 19.8 Å². The summed E-state index contributed by atoms with van der Waals surface area (Å²) < 4.78 is 15.6. The van der Waals surface area contributed by atoms with E-state index in [4.69, 9.17) is 13.7 Å². The van der Waals surface area contributed by atoms with E-state index in [0.29, 0.717) is 17.1 Å². The van der Waals surface area contributed by atoms with Crippen molar-refractivity contribution in [2.24, 2.45) is 0 Å². The van der Waals surface area contributed by atoms with E-state index in [2.05, 4.69) is 5.16 Å². The summed E-state index contributed by atoms with van der Waals surface area (Å²) in [7, 11) is 1.38. The van der Waals surface area contributed by atoms with Gasteiger partial charge >= 0.3 is 0 Å². The van der Waals surface area contributed by atoms with Gasteiger partial charge in [-0.3, -0.25) is 14.5 Å². The number of ketones is 1. The Labute approximate surface area is 170 Å². The molecule has 154 valence electrons. The molecule has 0 unspecified atom stereocenters. The molecule has 4 rings (SSSR count). The van der Waals surface area contributed by atoms with Gasteiger partial charge in [-0.05, 0) is 43.7 Å². The van der Waals surface area contributed by atoms with Gasteiger partial charge in [0.25, 0.3) is 5.91 Å². The van der Waals surface area contributed by atoms with Crippen LogP contribution in [0.4, 0.5) is 5.82 Å². The van der Waals surface area contributed by atoms with Crippen LogP contribution < -0.4 is 9.64 Å². The highest BCUT2D eigenvalue weighted by atomic mass is 16.5. The number of rotatable bonds is 5. The predicted octanol–water partition coefficient (Wildman–Crippen LogP) is 3.38. The van der Waals surface area contributed by atoms with Crippen molar-refractivity contribution in [3.05, 3.63) is 70.6 Å². The minimum atomic E-state index is -1.05. The van der Waals surface area contributed by atoms with E-state index < -0.39 is 23.5 Å². The maximum Gasteiger partial charge on any atom is 0.295 e. The number of furan rings is 1. The molecule has 9 heteroatoms. The molecule has 0 fully saturated rings. The molecule has 1 aliphatic rings. The zero-order valence-electron chi connectivity index (χ0n) is 16.4. The number of methoxy groups -OCH3 is 1. The molecule has 0 radical (unpaired) electrons. The van der Waals surface area contributed by atoms with Gasteiger partial charge in [0.15, 0.2) is 28.8 Å². The van der Waals surface area contributed by atoms with Crippen molar-refractivity contribution >= 4 is 17.5 Å². The molecule has 0 saturated heterocycles. The lowest BCUT2D eigenvalue weighted by Gasteiger charge is -2.24. The number of hydrogen-bond donors (Lipinski definition) is 2. The van der Waals surface area contributed by atoms with Crippen LogP contribution in [0.5, 0.6) is 11.5 Å². The first-order valence-corrected chi connectivity index (χ1v) is 9.00. The van der Waals surface area contributed by atoms with Crippen molar-refractivity contribution in [3.8, 4) is 11.5 Å². The molecule has 0 aliphatic carbocycles. The number of phenols is 1. The normalized spacial score (nSPS) is 16.4. The van der Waals surface area contributed by atoms with Crippen LogP contribution in [0.1, 0.15) is 33.7 Å². The van der Waals surface area contributed by atoms with Gasteiger partial charge in [-0.15, -0.1) is 0 Å². The fraction of sp³-hybridized carbons (Fsp3) is 0.190. The summed E-state index contributed by atoms with van der Waals surface area (Å²) in [5.41, 5.74) is 0.233. The van der Waals surface area contributed by atoms with Gasteiger partial charge in [0.1, 0.15) is 11.5 Å². The number of carbonyl (C=O) groups excluding carboxylic acids is 2. The first-order valence-electron chi connectivity index (χ1n) is 9.00. The summed E-state index contributed by atoms with van der Waals surface area (Å²) in [5.74, 6) is -1.08. The Morgan fingerprint density at radius 3 is 2.50 bits per heavy atom. The van der Waals surface area contributed by atoms with E-state index >= 15 is 0 Å². The number of phenolic OH excluding ortho intramolecular Hbond substituents is 1. The molecule has 1 aliphatic heterocycles. The minimum Gasteiger partial charge on any atom is -0.504 e. The second-order valence-corrected chi connectivity index (χ2v) is 6.81. The molecule has 30 heavy (non-hydrogen) atoms. The van der Waals surface area contributed by atoms with E-state index in [0.717, 1.165) is 4.90 Å². The lowest BCUT2D eigenvalue weighted by Crippen LogP contribution is -2.31. The Morgan fingerprint density at radius 1 is 1.13 bits per heavy atom. The van der Waals surface area contributed by atoms with Crippen LogP contribution >= 0.6 is 0 Å². The lowest BCUT2D eigenvalue weighted by molar-refractivity contribution is -0.117. The van der Waals surface area contributed by atoms with E-state index in [1.807, 2.05) is 0 Å². The average molecular weight is 410 g/mol. The summed E-state index contributed by atoms with van der Waals surface area (Å²) >= 11 is 0. The van der Waals surface area contributed by atoms with Crippen molar-refractivity contribution < 1.29 is 33.5 Å². The molecule has 0 saturated carbocycles. The number of Topliss-reactive ketones (excluding diaryl/α,β-unsaturated/α-hetero) is 1. The number of amides is 1. The SMILES string of the molecule is COc1cc([C@H]2C(C(=O)c3ccc(C)o3)=C(O)C(=O)N2c2cc(C)on2)ccc1O. The predicted molar refractivity (Wildman–Crippen MR) is 104 cm³/mol. The van der Waals surface area contributed by atoms with E-state index in [1.165, 1.54) is 37.4 Å². The Bertz CT molecular complexity index is 1190. The van der Waals surface area contributed by atoms with Gasteiger partial charge < -0.3 is 23.9 Å². The minimum absolute atomic E-state index is 0.0178. The van der Waals surface area contributed by atoms with Crippen LogP contribution in [-0.4, -0.2) is 34.2 Å². The van der Waals surface area contributed by atoms with Crippen molar-refractivity contribution in [1.82, 2.24) is 5.16 Å². The van der Waals surface area contributed by atoms with Crippen molar-refractivity contribution in [2.45, 2.75) is 19.9 Å². The highest BCUT2D eigenvalue weighted by molar-refractivity contribution is 6.20. The van der Waals surface area contributed by atoms with E-state index in [-0.39, 0.29) is 28.7 Å². The fourth-order valence-electron chi connectivity index (χ4n) is 3.41. The third-order valence-electron chi connectivity index (χ3n) is 4.80. The Balaban J connectivity index is 1.90. The molecule has 2 aromatic heterocycles. The number of carbonyl (C=O) groups is 2. The van der Waals surface area contributed by atoms with Crippen LogP contribution in [0.2, 0.25) is 0 Å². The highest BCUT2D eigenvalue weighted by Crippen LogP contribution is 2.43. The Hall–Kier alpha value is -4.01. The maximum absolute atomic E-state index is 13.2. The maximum atomic E-state index is 13.2. The number of aliphatic hydroxyl groups is 1. The number of benzene rings is 1. The van der Waals surface area contributed by atoms with Crippen LogP contribution in [0.25, 0.3) is 0 Å². The molecule has 1 amide bonds. The zero-order chi connectivity index (χ0) is 21.6. The third-order valence-corrected chi connectivity index (χ3v) is 4.80. The first kappa shape index (κ1) is 19.3.